The van der Waals surface area contributed by atoms with Crippen LogP contribution in [-0.4, -0.2) is 5.09 Å². The zero-order chi connectivity index (χ0) is 3.58. The molecule has 0 aromatic heterocycles. The fourth-order valence-electron chi connectivity index (χ4n) is 0. The van der Waals surface area contributed by atoms with Crippen molar-refractivity contribution in [3.8, 4) is 0 Å². The van der Waals surface area contributed by atoms with Gasteiger partial charge >= 0.3 is 59.6 Å². The molecule has 0 fully saturated rings. The van der Waals surface area contributed by atoms with Crippen molar-refractivity contribution in [2.45, 2.75) is 0 Å². The van der Waals surface area contributed by atoms with E-state index in [1.165, 1.54) is 0 Å². The molecule has 0 atom stereocenters. The second-order valence-corrected chi connectivity index (χ2v) is 0.224. The van der Waals surface area contributed by atoms with Gasteiger partial charge < -0.3 is 16.7 Å². The molecule has 5 heavy (non-hydrogen) atoms. The van der Waals surface area contributed by atoms with Crippen molar-refractivity contribution in [1.82, 2.24) is 0 Å². The van der Waals surface area contributed by atoms with Crippen LogP contribution in [0.2, 0.25) is 0 Å². The van der Waals surface area contributed by atoms with E-state index in [2.05, 4.69) is 0 Å². The van der Waals surface area contributed by atoms with Crippen LogP contribution in [-0.2, 0) is 0 Å². The normalized spacial score (nSPS) is 4.80. The van der Waals surface area contributed by atoms with Gasteiger partial charge in [0.1, 0.15) is 0 Å². The molecule has 0 aliphatic heterocycles. The van der Waals surface area contributed by atoms with Gasteiger partial charge in [-0.25, -0.2) is 0 Å². The van der Waals surface area contributed by atoms with E-state index >= 15 is 0 Å². The zero-order valence-electron chi connectivity index (χ0n) is 4.67. The summed E-state index contributed by atoms with van der Waals surface area (Å²) in [7, 11) is 0. The summed E-state index contributed by atoms with van der Waals surface area (Å²) in [6.07, 6.45) is 0. The molecule has 0 radical (unpaired) electrons. The number of hydrogen-bond acceptors (Lipinski definition) is 3. The zero-order valence-corrected chi connectivity index (χ0v) is 7.59. The van der Waals surface area contributed by atoms with Crippen LogP contribution >= 0.6 is 0 Å². The summed E-state index contributed by atoms with van der Waals surface area (Å²) < 4.78 is 0. The molecule has 0 rings (SSSR count). The molecular formula is H2NO3Rb. The predicted octanol–water partition coefficient (Wildman–Crippen LogP) is -3.01. The van der Waals surface area contributed by atoms with E-state index in [9.17, 15) is 0 Å². The van der Waals surface area contributed by atoms with Crippen LogP contribution in [0, 0.1) is 15.3 Å². The van der Waals surface area contributed by atoms with Gasteiger partial charge in [-0.05, 0) is 0 Å². The third kappa shape index (κ3) is 44.7. The Hall–Kier alpha value is 1.01. The van der Waals surface area contributed by atoms with E-state index in [0.29, 0.717) is 0 Å². The molecule has 0 aliphatic rings. The van der Waals surface area contributed by atoms with Crippen molar-refractivity contribution >= 4 is 0 Å². The smallest absolute Gasteiger partial charge is 1.00 e. The Bertz CT molecular complexity index is 35.9. The maximum absolute atomic E-state index is 8.25. The molecule has 26 valence electrons. The van der Waals surface area contributed by atoms with Crippen molar-refractivity contribution in [3.63, 3.8) is 0 Å². The number of nitrogens with zero attached hydrogens (tertiary/aromatic N) is 1. The molecule has 0 aromatic rings. The average molecular weight is 149 g/mol. The minimum Gasteiger partial charge on any atom is -1.00 e. The Balaban J connectivity index is -0.0000000150. The molecule has 5 heteroatoms. The van der Waals surface area contributed by atoms with Crippen molar-refractivity contribution < 1.29 is 66.1 Å². The molecule has 0 aromatic carbocycles. The summed E-state index contributed by atoms with van der Waals surface area (Å²) in [5.41, 5.74) is 0. The Morgan fingerprint density at radius 3 is 1.80 bits per heavy atom. The van der Waals surface area contributed by atoms with E-state index in [4.69, 9.17) is 15.3 Å². The monoisotopic (exact) mass is 149 g/mol. The van der Waals surface area contributed by atoms with Crippen molar-refractivity contribution in [2.75, 3.05) is 0 Å². The van der Waals surface area contributed by atoms with Crippen molar-refractivity contribution in [1.29, 1.82) is 0 Å². The first-order chi connectivity index (χ1) is 1.73. The molecule has 0 amide bonds. The summed E-state index contributed by atoms with van der Waals surface area (Å²) >= 11 is 0. The average Bonchev–Trinajstić information content (AvgIpc) is 0.811. The Morgan fingerprint density at radius 1 is 1.80 bits per heavy atom. The first kappa shape index (κ1) is 9.38. The molecule has 0 spiro atoms. The van der Waals surface area contributed by atoms with Gasteiger partial charge in [-0.1, -0.05) is 0 Å². The largest absolute Gasteiger partial charge is 1.00 e. The molecule has 4 nitrogen and oxygen atoms in total. The fourth-order valence-corrected chi connectivity index (χ4v) is 0. The first-order valence-corrected chi connectivity index (χ1v) is 0.548. The summed E-state index contributed by atoms with van der Waals surface area (Å²) in [5, 5.41) is 14.8. The molecule has 0 aliphatic carbocycles. The molecule has 0 saturated heterocycles. The predicted molar refractivity (Wildman–Crippen MR) is 12.6 cm³/mol. The maximum atomic E-state index is 8.25. The molecule has 0 heterocycles. The third-order valence-electron chi connectivity index (χ3n) is 0. The molecule has 0 N–H and O–H groups in total. The van der Waals surface area contributed by atoms with Crippen LogP contribution in [0.4, 0.5) is 0 Å². The minimum atomic E-state index is -1.75. The quantitative estimate of drug-likeness (QED) is 0.272. The second-order valence-electron chi connectivity index (χ2n) is 0.224. The van der Waals surface area contributed by atoms with Crippen LogP contribution in [0.1, 0.15) is 2.85 Å². The van der Waals surface area contributed by atoms with E-state index in [1.54, 1.807) is 0 Å². The first-order valence-electron chi connectivity index (χ1n) is 0.548. The van der Waals surface area contributed by atoms with E-state index < -0.39 is 5.09 Å². The summed E-state index contributed by atoms with van der Waals surface area (Å²) in [6, 6.07) is 0. The Labute approximate surface area is 80.0 Å². The van der Waals surface area contributed by atoms with Gasteiger partial charge in [-0.2, -0.15) is 0 Å². The van der Waals surface area contributed by atoms with E-state index in [-0.39, 0.29) is 61.0 Å². The van der Waals surface area contributed by atoms with Crippen molar-refractivity contribution in [2.24, 2.45) is 0 Å². The fraction of sp³-hybridized carbons (Fsp3) is 0. The van der Waals surface area contributed by atoms with Gasteiger partial charge in [0.2, 0.25) is 0 Å². The van der Waals surface area contributed by atoms with Crippen LogP contribution in [0.25, 0.3) is 0 Å². The van der Waals surface area contributed by atoms with Gasteiger partial charge in [0.05, 0.1) is 5.09 Å². The maximum Gasteiger partial charge on any atom is 1.00 e. The molecular weight excluding hydrogens is 147 g/mol. The molecule has 0 saturated carbocycles. The van der Waals surface area contributed by atoms with Crippen LogP contribution < -0.4 is 58.2 Å². The minimum absolute atomic E-state index is 0. The topological polar surface area (TPSA) is 66.2 Å². The van der Waals surface area contributed by atoms with Gasteiger partial charge in [0.15, 0.2) is 0 Å². The van der Waals surface area contributed by atoms with Crippen LogP contribution in [0.3, 0.4) is 0 Å². The van der Waals surface area contributed by atoms with Gasteiger partial charge in [0, 0.05) is 0 Å². The summed E-state index contributed by atoms with van der Waals surface area (Å²) in [4.78, 5) is 8.25. The number of hydrogen-bond donors (Lipinski definition) is 0. The van der Waals surface area contributed by atoms with Crippen molar-refractivity contribution in [3.05, 3.63) is 15.3 Å². The Morgan fingerprint density at radius 2 is 1.80 bits per heavy atom. The standard InChI is InChI=1S/NO3.Rb.H/c2-1(3)4;;/q-1;+1;-1/p+1. The second kappa shape index (κ2) is 5.01. The van der Waals surface area contributed by atoms with Gasteiger partial charge in [-0.15, -0.1) is 0 Å². The third-order valence-corrected chi connectivity index (χ3v) is 0. The molecule has 0 unspecified atom stereocenters. The van der Waals surface area contributed by atoms with Crippen LogP contribution in [0.5, 0.6) is 0 Å². The van der Waals surface area contributed by atoms with E-state index in [0.717, 1.165) is 0 Å². The SMILES string of the molecule is O=[N+]([O-])[O-].[H+].[H-].[Rb+]. The van der Waals surface area contributed by atoms with Gasteiger partial charge in [-0.3, -0.25) is 0 Å². The van der Waals surface area contributed by atoms with E-state index in [1.807, 2.05) is 0 Å². The number of rotatable bonds is 0. The van der Waals surface area contributed by atoms with Gasteiger partial charge in [0.25, 0.3) is 0 Å². The van der Waals surface area contributed by atoms with Crippen LogP contribution in [0.15, 0.2) is 0 Å². The molecule has 0 bridgehead atoms. The summed E-state index contributed by atoms with van der Waals surface area (Å²) in [6.45, 7) is 0. The Kier molecular flexibility index (Phi) is 9.39. The summed E-state index contributed by atoms with van der Waals surface area (Å²) in [5.74, 6) is 0.